The largest absolute Gasteiger partial charge is 0.394 e. The maximum Gasteiger partial charge on any atom is 0.273 e. The normalized spacial score (nSPS) is 17.9. The Morgan fingerprint density at radius 3 is 3.14 bits per heavy atom. The first kappa shape index (κ1) is 15.1. The van der Waals surface area contributed by atoms with Crippen molar-refractivity contribution in [2.75, 3.05) is 13.2 Å². The van der Waals surface area contributed by atoms with Gasteiger partial charge in [0.2, 0.25) is 0 Å². The molecular weight excluding hydrogens is 303 g/mol. The highest BCUT2D eigenvalue weighted by atomic mass is 32.1. The number of hydrogen-bond donors (Lipinski definition) is 1. The van der Waals surface area contributed by atoms with Crippen molar-refractivity contribution in [3.63, 3.8) is 0 Å². The molecule has 0 aliphatic carbocycles. The number of aliphatic hydroxyl groups is 1. The number of carbonyl (C=O) groups excluding carboxylic acids is 1. The summed E-state index contributed by atoms with van der Waals surface area (Å²) in [6.07, 6.45) is 2.26. The average Bonchev–Trinajstić information content (AvgIpc) is 3.15. The number of amides is 1. The summed E-state index contributed by atoms with van der Waals surface area (Å²) >= 11 is 1.40. The van der Waals surface area contributed by atoms with Gasteiger partial charge in [-0.15, -0.1) is 11.3 Å². The van der Waals surface area contributed by atoms with Crippen molar-refractivity contribution in [2.24, 2.45) is 0 Å². The maximum atomic E-state index is 13.2. The van der Waals surface area contributed by atoms with E-state index in [0.717, 1.165) is 23.4 Å². The van der Waals surface area contributed by atoms with Crippen molar-refractivity contribution in [2.45, 2.75) is 25.3 Å². The van der Waals surface area contributed by atoms with Crippen molar-refractivity contribution in [3.8, 4) is 0 Å². The van der Waals surface area contributed by atoms with Gasteiger partial charge in [0.05, 0.1) is 17.7 Å². The number of aliphatic hydroxyl groups excluding tert-OH is 1. The van der Waals surface area contributed by atoms with Crippen LogP contribution in [0.1, 0.15) is 33.9 Å². The van der Waals surface area contributed by atoms with E-state index in [4.69, 9.17) is 0 Å². The van der Waals surface area contributed by atoms with Gasteiger partial charge in [-0.1, -0.05) is 12.1 Å². The lowest BCUT2D eigenvalue weighted by atomic mass is 10.1. The molecule has 3 rings (SSSR count). The van der Waals surface area contributed by atoms with Crippen LogP contribution in [0.15, 0.2) is 29.6 Å². The Morgan fingerprint density at radius 1 is 1.50 bits per heavy atom. The summed E-state index contributed by atoms with van der Waals surface area (Å²) in [5.74, 6) is -0.397. The van der Waals surface area contributed by atoms with Gasteiger partial charge in [-0.3, -0.25) is 4.79 Å². The van der Waals surface area contributed by atoms with Crippen LogP contribution in [0.5, 0.6) is 0 Å². The second kappa shape index (κ2) is 6.54. The fourth-order valence-corrected chi connectivity index (χ4v) is 3.55. The van der Waals surface area contributed by atoms with E-state index in [-0.39, 0.29) is 24.4 Å². The lowest BCUT2D eigenvalue weighted by molar-refractivity contribution is 0.0672. The number of thiazole rings is 1. The third-order valence-corrected chi connectivity index (χ3v) is 4.71. The molecule has 1 atom stereocenters. The predicted octanol–water partition coefficient (Wildman–Crippen LogP) is 2.47. The molecule has 1 amide bonds. The van der Waals surface area contributed by atoms with Crippen LogP contribution in [0, 0.1) is 5.82 Å². The fourth-order valence-electron chi connectivity index (χ4n) is 2.75. The van der Waals surface area contributed by atoms with Gasteiger partial charge in [0.25, 0.3) is 5.91 Å². The Kier molecular flexibility index (Phi) is 4.49. The van der Waals surface area contributed by atoms with Gasteiger partial charge < -0.3 is 10.0 Å². The number of hydrogen-bond acceptors (Lipinski definition) is 4. The monoisotopic (exact) mass is 320 g/mol. The molecule has 0 radical (unpaired) electrons. The molecule has 0 saturated carbocycles. The molecule has 6 heteroatoms. The molecule has 116 valence electrons. The molecule has 1 fully saturated rings. The molecule has 2 heterocycles. The third-order valence-electron chi connectivity index (χ3n) is 3.86. The molecule has 0 unspecified atom stereocenters. The zero-order chi connectivity index (χ0) is 15.5. The number of halogens is 1. The molecule has 1 N–H and O–H groups in total. The minimum atomic E-state index is -0.270. The van der Waals surface area contributed by atoms with E-state index < -0.39 is 0 Å². The molecule has 1 aromatic carbocycles. The van der Waals surface area contributed by atoms with Crippen LogP contribution < -0.4 is 0 Å². The molecule has 1 aromatic heterocycles. The summed E-state index contributed by atoms with van der Waals surface area (Å²) in [5, 5.41) is 11.8. The van der Waals surface area contributed by atoms with Crippen LogP contribution in [-0.2, 0) is 6.42 Å². The predicted molar refractivity (Wildman–Crippen MR) is 82.5 cm³/mol. The second-order valence-electron chi connectivity index (χ2n) is 5.41. The second-order valence-corrected chi connectivity index (χ2v) is 6.35. The summed E-state index contributed by atoms with van der Waals surface area (Å²) in [6, 6.07) is 6.29. The highest BCUT2D eigenvalue weighted by Gasteiger charge is 2.29. The molecule has 1 saturated heterocycles. The highest BCUT2D eigenvalue weighted by Crippen LogP contribution is 2.22. The SMILES string of the molecule is O=C(c1csc(Cc2cccc(F)c2)n1)N1CCC[C@@H]1CO. The lowest BCUT2D eigenvalue weighted by Crippen LogP contribution is -2.37. The molecular formula is C16H17FN2O2S. The summed E-state index contributed by atoms with van der Waals surface area (Å²) in [4.78, 5) is 18.5. The Morgan fingerprint density at radius 2 is 2.36 bits per heavy atom. The van der Waals surface area contributed by atoms with Crippen molar-refractivity contribution < 1.29 is 14.3 Å². The molecule has 1 aliphatic rings. The number of nitrogens with zero attached hydrogens (tertiary/aromatic N) is 2. The summed E-state index contributed by atoms with van der Waals surface area (Å²) in [7, 11) is 0. The van der Waals surface area contributed by atoms with Crippen LogP contribution in [0.3, 0.4) is 0 Å². The van der Waals surface area contributed by atoms with Crippen LogP contribution >= 0.6 is 11.3 Å². The van der Waals surface area contributed by atoms with E-state index in [1.54, 1.807) is 16.3 Å². The number of aromatic nitrogens is 1. The zero-order valence-corrected chi connectivity index (χ0v) is 12.9. The van der Waals surface area contributed by atoms with Gasteiger partial charge in [0.1, 0.15) is 11.5 Å². The third kappa shape index (κ3) is 3.18. The number of rotatable bonds is 4. The maximum absolute atomic E-state index is 13.2. The van der Waals surface area contributed by atoms with Gasteiger partial charge in [0, 0.05) is 18.3 Å². The van der Waals surface area contributed by atoms with Gasteiger partial charge in [-0.05, 0) is 30.5 Å². The minimum absolute atomic E-state index is 0.00791. The Balaban J connectivity index is 1.72. The molecule has 22 heavy (non-hydrogen) atoms. The lowest BCUT2D eigenvalue weighted by Gasteiger charge is -2.21. The fraction of sp³-hybridized carbons (Fsp3) is 0.375. The van der Waals surface area contributed by atoms with Crippen LogP contribution in [0.4, 0.5) is 4.39 Å². The van der Waals surface area contributed by atoms with Crippen molar-refractivity contribution in [3.05, 3.63) is 51.7 Å². The van der Waals surface area contributed by atoms with Crippen molar-refractivity contribution >= 4 is 17.2 Å². The van der Waals surface area contributed by atoms with Gasteiger partial charge >= 0.3 is 0 Å². The van der Waals surface area contributed by atoms with Crippen LogP contribution in [0.25, 0.3) is 0 Å². The summed E-state index contributed by atoms with van der Waals surface area (Å²) in [6.45, 7) is 0.660. The summed E-state index contributed by atoms with van der Waals surface area (Å²) in [5.41, 5.74) is 1.25. The molecule has 0 bridgehead atoms. The molecule has 1 aliphatic heterocycles. The van der Waals surface area contributed by atoms with E-state index in [0.29, 0.717) is 18.7 Å². The zero-order valence-electron chi connectivity index (χ0n) is 12.0. The number of benzene rings is 1. The minimum Gasteiger partial charge on any atom is -0.394 e. The average molecular weight is 320 g/mol. The quantitative estimate of drug-likeness (QED) is 0.941. The first-order valence-corrected chi connectivity index (χ1v) is 8.16. The van der Waals surface area contributed by atoms with E-state index in [9.17, 15) is 14.3 Å². The topological polar surface area (TPSA) is 53.4 Å². The molecule has 2 aromatic rings. The Labute approximate surface area is 132 Å². The smallest absolute Gasteiger partial charge is 0.273 e. The number of carbonyl (C=O) groups is 1. The van der Waals surface area contributed by atoms with Gasteiger partial charge in [0.15, 0.2) is 0 Å². The van der Waals surface area contributed by atoms with E-state index in [2.05, 4.69) is 4.98 Å². The van der Waals surface area contributed by atoms with Gasteiger partial charge in [-0.25, -0.2) is 9.37 Å². The van der Waals surface area contributed by atoms with Crippen LogP contribution in [-0.4, -0.2) is 40.1 Å². The number of likely N-dealkylation sites (tertiary alicyclic amines) is 1. The first-order chi connectivity index (χ1) is 10.7. The summed E-state index contributed by atoms with van der Waals surface area (Å²) < 4.78 is 13.2. The Bertz CT molecular complexity index is 674. The first-order valence-electron chi connectivity index (χ1n) is 7.28. The van der Waals surface area contributed by atoms with Gasteiger partial charge in [-0.2, -0.15) is 0 Å². The van der Waals surface area contributed by atoms with E-state index in [1.165, 1.54) is 23.5 Å². The van der Waals surface area contributed by atoms with E-state index in [1.807, 2.05) is 6.07 Å². The Hall–Kier alpha value is -1.79. The highest BCUT2D eigenvalue weighted by molar-refractivity contribution is 7.09. The van der Waals surface area contributed by atoms with E-state index >= 15 is 0 Å². The van der Waals surface area contributed by atoms with Crippen LogP contribution in [0.2, 0.25) is 0 Å². The molecule has 0 spiro atoms. The molecule has 4 nitrogen and oxygen atoms in total. The van der Waals surface area contributed by atoms with Crippen molar-refractivity contribution in [1.82, 2.24) is 9.88 Å². The van der Waals surface area contributed by atoms with Crippen molar-refractivity contribution in [1.29, 1.82) is 0 Å². The standard InChI is InChI=1S/C16H17FN2O2S/c17-12-4-1-3-11(7-12)8-15-18-14(10-22-15)16(21)19-6-2-5-13(19)9-20/h1,3-4,7,10,13,20H,2,5-6,8-9H2/t13-/m1/s1.